The fraction of sp³-hybridized carbons (Fsp3) is 0.222. The molecular weight excluding hydrogens is 292 g/mol. The van der Waals surface area contributed by atoms with Crippen molar-refractivity contribution < 1.29 is 13.9 Å². The Bertz CT molecular complexity index is 821. The number of rotatable bonds is 5. The number of amides is 1. The molecule has 5 nitrogen and oxygen atoms in total. The molecule has 3 aromatic rings. The van der Waals surface area contributed by atoms with E-state index in [0.29, 0.717) is 19.1 Å². The van der Waals surface area contributed by atoms with Crippen LogP contribution >= 0.6 is 0 Å². The molecule has 2 heterocycles. The van der Waals surface area contributed by atoms with Crippen LogP contribution in [-0.4, -0.2) is 29.4 Å². The number of ether oxygens (including phenoxy) is 1. The summed E-state index contributed by atoms with van der Waals surface area (Å²) in [6, 6.07) is 11.3. The van der Waals surface area contributed by atoms with Crippen molar-refractivity contribution in [3.63, 3.8) is 0 Å². The van der Waals surface area contributed by atoms with Gasteiger partial charge in [0.25, 0.3) is 11.9 Å². The van der Waals surface area contributed by atoms with Gasteiger partial charge in [-0.1, -0.05) is 18.2 Å². The highest BCUT2D eigenvalue weighted by molar-refractivity contribution is 5.92. The van der Waals surface area contributed by atoms with Crippen molar-refractivity contribution in [3.8, 4) is 5.95 Å². The van der Waals surface area contributed by atoms with Gasteiger partial charge in [-0.2, -0.15) is 0 Å². The number of pyridine rings is 1. The van der Waals surface area contributed by atoms with Crippen LogP contribution in [0.15, 0.2) is 53.2 Å². The summed E-state index contributed by atoms with van der Waals surface area (Å²) in [6.07, 6.45) is 3.58. The maximum Gasteiger partial charge on any atom is 0.289 e. The third-order valence-corrected chi connectivity index (χ3v) is 3.60. The second kappa shape index (κ2) is 6.52. The van der Waals surface area contributed by atoms with Gasteiger partial charge in [0.1, 0.15) is 0 Å². The highest BCUT2D eigenvalue weighted by Crippen LogP contribution is 2.21. The van der Waals surface area contributed by atoms with E-state index in [-0.39, 0.29) is 11.7 Å². The summed E-state index contributed by atoms with van der Waals surface area (Å²) >= 11 is 0. The maximum atomic E-state index is 12.5. The zero-order valence-corrected chi connectivity index (χ0v) is 13.2. The van der Waals surface area contributed by atoms with Gasteiger partial charge in [0.2, 0.25) is 0 Å². The number of benzene rings is 1. The predicted octanol–water partition coefficient (Wildman–Crippen LogP) is 3.50. The normalized spacial score (nSPS) is 10.7. The number of nitrogens with zero attached hydrogens (tertiary/aromatic N) is 2. The molecule has 5 heteroatoms. The molecule has 0 fully saturated rings. The van der Waals surface area contributed by atoms with Gasteiger partial charge in [-0.05, 0) is 30.0 Å². The Hall–Kier alpha value is -2.82. The third-order valence-electron chi connectivity index (χ3n) is 3.60. The summed E-state index contributed by atoms with van der Waals surface area (Å²) in [6.45, 7) is 2.86. The van der Waals surface area contributed by atoms with Gasteiger partial charge in [0.15, 0.2) is 5.76 Å². The predicted molar refractivity (Wildman–Crippen MR) is 87.4 cm³/mol. The largest absolute Gasteiger partial charge is 0.465 e. The molecular formula is C18H18N2O3. The monoisotopic (exact) mass is 310 g/mol. The van der Waals surface area contributed by atoms with Crippen molar-refractivity contribution in [2.75, 3.05) is 13.7 Å². The Morgan fingerprint density at radius 3 is 2.96 bits per heavy atom. The topological polar surface area (TPSA) is 55.6 Å². The fourth-order valence-electron chi connectivity index (χ4n) is 2.50. The van der Waals surface area contributed by atoms with Gasteiger partial charge in [-0.3, -0.25) is 9.78 Å². The van der Waals surface area contributed by atoms with Gasteiger partial charge in [-0.15, -0.1) is 0 Å². The van der Waals surface area contributed by atoms with E-state index < -0.39 is 0 Å². The number of aromatic nitrogens is 1. The number of hydrogen-bond acceptors (Lipinski definition) is 4. The first-order chi connectivity index (χ1) is 11.2. The van der Waals surface area contributed by atoms with E-state index in [4.69, 9.17) is 9.15 Å². The van der Waals surface area contributed by atoms with Crippen LogP contribution in [0.3, 0.4) is 0 Å². The number of fused-ring (bicyclic) bond motifs is 1. The first kappa shape index (κ1) is 15.1. The average Bonchev–Trinajstić information content (AvgIpc) is 3.03. The zero-order chi connectivity index (χ0) is 16.2. The van der Waals surface area contributed by atoms with Crippen molar-refractivity contribution in [2.24, 2.45) is 0 Å². The van der Waals surface area contributed by atoms with Crippen LogP contribution in [0.25, 0.3) is 10.8 Å². The summed E-state index contributed by atoms with van der Waals surface area (Å²) in [5.41, 5.74) is 1.07. The smallest absolute Gasteiger partial charge is 0.289 e. The molecule has 118 valence electrons. The molecule has 0 spiro atoms. The molecule has 23 heavy (non-hydrogen) atoms. The van der Waals surface area contributed by atoms with Crippen molar-refractivity contribution in [3.05, 3.63) is 60.1 Å². The lowest BCUT2D eigenvalue weighted by Gasteiger charge is -2.17. The van der Waals surface area contributed by atoms with E-state index in [1.54, 1.807) is 30.3 Å². The molecule has 1 aromatic carbocycles. The van der Waals surface area contributed by atoms with Gasteiger partial charge in [-0.25, -0.2) is 0 Å². The summed E-state index contributed by atoms with van der Waals surface area (Å²) in [5.74, 6) is 0.459. The van der Waals surface area contributed by atoms with Crippen molar-refractivity contribution in [2.45, 2.75) is 13.5 Å². The second-order valence-electron chi connectivity index (χ2n) is 5.23. The fourth-order valence-corrected chi connectivity index (χ4v) is 2.50. The first-order valence-electron chi connectivity index (χ1n) is 7.48. The van der Waals surface area contributed by atoms with Crippen molar-refractivity contribution in [1.82, 2.24) is 9.88 Å². The molecule has 0 saturated carbocycles. The van der Waals surface area contributed by atoms with Gasteiger partial charge in [0, 0.05) is 37.4 Å². The minimum absolute atomic E-state index is 0.179. The van der Waals surface area contributed by atoms with E-state index in [1.165, 1.54) is 0 Å². The molecule has 2 aromatic heterocycles. The van der Waals surface area contributed by atoms with E-state index >= 15 is 0 Å². The number of furan rings is 1. The summed E-state index contributed by atoms with van der Waals surface area (Å²) in [4.78, 5) is 18.2. The van der Waals surface area contributed by atoms with Crippen LogP contribution in [0.1, 0.15) is 23.0 Å². The molecule has 1 amide bonds. The van der Waals surface area contributed by atoms with Gasteiger partial charge < -0.3 is 14.1 Å². The Morgan fingerprint density at radius 1 is 1.26 bits per heavy atom. The lowest BCUT2D eigenvalue weighted by atomic mass is 10.1. The van der Waals surface area contributed by atoms with E-state index in [1.807, 2.05) is 37.4 Å². The molecule has 0 radical (unpaired) electrons. The minimum Gasteiger partial charge on any atom is -0.465 e. The number of carbonyl (C=O) groups is 1. The van der Waals surface area contributed by atoms with Gasteiger partial charge >= 0.3 is 0 Å². The molecule has 0 saturated heterocycles. The highest BCUT2D eigenvalue weighted by Gasteiger charge is 2.17. The van der Waals surface area contributed by atoms with Gasteiger partial charge in [0.05, 0.1) is 6.61 Å². The third kappa shape index (κ3) is 3.18. The quantitative estimate of drug-likeness (QED) is 0.724. The molecule has 0 aliphatic heterocycles. The Morgan fingerprint density at radius 2 is 2.13 bits per heavy atom. The van der Waals surface area contributed by atoms with E-state index in [9.17, 15) is 4.79 Å². The van der Waals surface area contributed by atoms with Crippen LogP contribution in [0.4, 0.5) is 0 Å². The molecule has 0 N–H and O–H groups in total. The summed E-state index contributed by atoms with van der Waals surface area (Å²) < 4.78 is 10.7. The minimum atomic E-state index is -0.179. The molecule has 0 unspecified atom stereocenters. The molecule has 0 aliphatic carbocycles. The maximum absolute atomic E-state index is 12.5. The Balaban J connectivity index is 1.79. The number of carbonyl (C=O) groups excluding carboxylic acids is 1. The Kier molecular flexibility index (Phi) is 4.28. The molecule has 3 rings (SSSR count). The van der Waals surface area contributed by atoms with Crippen LogP contribution in [-0.2, 0) is 6.54 Å². The van der Waals surface area contributed by atoms with Crippen molar-refractivity contribution >= 4 is 16.7 Å². The summed E-state index contributed by atoms with van der Waals surface area (Å²) in [5, 5.41) is 2.15. The molecule has 0 atom stereocenters. The lowest BCUT2D eigenvalue weighted by Crippen LogP contribution is -2.25. The molecule has 0 aliphatic rings. The van der Waals surface area contributed by atoms with Crippen LogP contribution in [0, 0.1) is 0 Å². The average molecular weight is 310 g/mol. The van der Waals surface area contributed by atoms with Crippen LogP contribution in [0.2, 0.25) is 0 Å². The zero-order valence-electron chi connectivity index (χ0n) is 13.2. The second-order valence-corrected chi connectivity index (χ2v) is 5.23. The van der Waals surface area contributed by atoms with Crippen LogP contribution in [0.5, 0.6) is 5.95 Å². The van der Waals surface area contributed by atoms with Crippen LogP contribution < -0.4 is 4.74 Å². The SMILES string of the molecule is CCOc1ccc(C(=O)N(C)Cc2cccc3cnccc23)o1. The van der Waals surface area contributed by atoms with Crippen molar-refractivity contribution in [1.29, 1.82) is 0 Å². The first-order valence-corrected chi connectivity index (χ1v) is 7.48. The van der Waals surface area contributed by atoms with E-state index in [2.05, 4.69) is 4.98 Å². The molecule has 0 bridgehead atoms. The van der Waals surface area contributed by atoms with E-state index in [0.717, 1.165) is 16.3 Å². The number of hydrogen-bond donors (Lipinski definition) is 0. The Labute approximate surface area is 134 Å². The standard InChI is InChI=1S/C18H18N2O3/c1-3-22-17-8-7-16(23-17)18(21)20(2)12-14-6-4-5-13-11-19-10-9-15(13)14/h4-11H,3,12H2,1-2H3. The lowest BCUT2D eigenvalue weighted by molar-refractivity contribution is 0.0746. The highest BCUT2D eigenvalue weighted by atomic mass is 16.6. The summed E-state index contributed by atoms with van der Waals surface area (Å²) in [7, 11) is 1.76.